The van der Waals surface area contributed by atoms with Crippen molar-refractivity contribution in [3.63, 3.8) is 0 Å². The molecular weight excluding hydrogens is 324 g/mol. The highest BCUT2D eigenvalue weighted by molar-refractivity contribution is 9.10. The quantitative estimate of drug-likeness (QED) is 0.633. The number of aryl methyl sites for hydroxylation is 1. The molecule has 1 N–H and O–H groups in total. The predicted molar refractivity (Wildman–Crippen MR) is 90.7 cm³/mol. The third kappa shape index (κ3) is 2.76. The predicted octanol–water partition coefficient (Wildman–Crippen LogP) is 5.30. The molecule has 0 spiro atoms. The first-order valence-corrected chi connectivity index (χ1v) is 7.42. The summed E-state index contributed by atoms with van der Waals surface area (Å²) in [5.74, 6) is 0. The molecule has 2 aromatic carbocycles. The van der Waals surface area contributed by atoms with Crippen LogP contribution in [0.15, 0.2) is 53.1 Å². The number of nitriles is 1. The number of benzene rings is 2. The van der Waals surface area contributed by atoms with Gasteiger partial charge in [0.2, 0.25) is 0 Å². The maximum atomic E-state index is 9.44. The van der Waals surface area contributed by atoms with Gasteiger partial charge in [-0.15, -0.1) is 0 Å². The second-order valence-electron chi connectivity index (χ2n) is 4.97. The molecule has 2 nitrogen and oxygen atoms in total. The number of hydrogen-bond acceptors (Lipinski definition) is 1. The van der Waals surface area contributed by atoms with Crippen LogP contribution in [0.2, 0.25) is 0 Å². The zero-order chi connectivity index (χ0) is 14.8. The van der Waals surface area contributed by atoms with E-state index in [9.17, 15) is 5.26 Å². The molecule has 0 bridgehead atoms. The minimum absolute atomic E-state index is 0.663. The fourth-order valence-corrected chi connectivity index (χ4v) is 2.66. The molecule has 0 atom stereocenters. The van der Waals surface area contributed by atoms with Gasteiger partial charge >= 0.3 is 0 Å². The van der Waals surface area contributed by atoms with E-state index in [0.717, 1.165) is 26.5 Å². The first-order chi connectivity index (χ1) is 10.2. The van der Waals surface area contributed by atoms with E-state index in [-0.39, 0.29) is 0 Å². The lowest BCUT2D eigenvalue weighted by molar-refractivity contribution is 1.45. The Morgan fingerprint density at radius 3 is 2.67 bits per heavy atom. The molecule has 0 aliphatic heterocycles. The molecular formula is C18H13BrN2. The van der Waals surface area contributed by atoms with E-state index in [4.69, 9.17) is 0 Å². The summed E-state index contributed by atoms with van der Waals surface area (Å²) < 4.78 is 1.03. The third-order valence-electron chi connectivity index (χ3n) is 3.46. The van der Waals surface area contributed by atoms with Crippen molar-refractivity contribution < 1.29 is 0 Å². The van der Waals surface area contributed by atoms with Gasteiger partial charge < -0.3 is 4.98 Å². The van der Waals surface area contributed by atoms with E-state index in [2.05, 4.69) is 33.0 Å². The Bertz CT molecular complexity index is 864. The first-order valence-electron chi connectivity index (χ1n) is 6.63. The molecule has 0 aliphatic rings. The highest BCUT2D eigenvalue weighted by Crippen LogP contribution is 2.26. The SMILES string of the molecule is Cc1ccc(/C(C#N)=C\c2c[nH]c3ccc(Br)cc23)cc1. The van der Waals surface area contributed by atoms with Gasteiger partial charge in [-0.05, 0) is 36.8 Å². The number of fused-ring (bicyclic) bond motifs is 1. The zero-order valence-corrected chi connectivity index (χ0v) is 13.1. The number of nitrogens with one attached hydrogen (secondary N) is 1. The van der Waals surface area contributed by atoms with Gasteiger partial charge in [0.25, 0.3) is 0 Å². The van der Waals surface area contributed by atoms with Gasteiger partial charge in [0.15, 0.2) is 0 Å². The minimum Gasteiger partial charge on any atom is -0.361 e. The lowest BCUT2D eigenvalue weighted by atomic mass is 10.0. The molecule has 0 fully saturated rings. The molecule has 1 heterocycles. The van der Waals surface area contributed by atoms with E-state index < -0.39 is 0 Å². The molecule has 3 heteroatoms. The number of nitrogens with zero attached hydrogens (tertiary/aromatic N) is 1. The number of halogens is 1. The molecule has 0 unspecified atom stereocenters. The Balaban J connectivity index is 2.11. The van der Waals surface area contributed by atoms with Gasteiger partial charge in [-0.25, -0.2) is 0 Å². The zero-order valence-electron chi connectivity index (χ0n) is 11.5. The van der Waals surface area contributed by atoms with Crippen LogP contribution in [-0.4, -0.2) is 4.98 Å². The number of aromatic nitrogens is 1. The summed E-state index contributed by atoms with van der Waals surface area (Å²) in [4.78, 5) is 3.23. The highest BCUT2D eigenvalue weighted by atomic mass is 79.9. The molecule has 21 heavy (non-hydrogen) atoms. The molecule has 0 saturated heterocycles. The van der Waals surface area contributed by atoms with Crippen molar-refractivity contribution in [2.45, 2.75) is 6.92 Å². The summed E-state index contributed by atoms with van der Waals surface area (Å²) in [5, 5.41) is 10.5. The van der Waals surface area contributed by atoms with Crippen LogP contribution in [-0.2, 0) is 0 Å². The Morgan fingerprint density at radius 1 is 1.19 bits per heavy atom. The van der Waals surface area contributed by atoms with Crippen LogP contribution in [0, 0.1) is 18.3 Å². The van der Waals surface area contributed by atoms with Gasteiger partial charge in [-0.3, -0.25) is 0 Å². The summed E-state index contributed by atoms with van der Waals surface area (Å²) in [6, 6.07) is 16.4. The van der Waals surface area contributed by atoms with Crippen molar-refractivity contribution in [2.24, 2.45) is 0 Å². The number of aromatic amines is 1. The average molecular weight is 337 g/mol. The van der Waals surface area contributed by atoms with Crippen molar-refractivity contribution in [2.75, 3.05) is 0 Å². The maximum absolute atomic E-state index is 9.44. The van der Waals surface area contributed by atoms with Gasteiger partial charge in [0.05, 0.1) is 11.6 Å². The normalized spacial score (nSPS) is 11.6. The third-order valence-corrected chi connectivity index (χ3v) is 3.95. The molecule has 0 amide bonds. The maximum Gasteiger partial charge on any atom is 0.0998 e. The number of rotatable bonds is 2. The van der Waals surface area contributed by atoms with Crippen LogP contribution in [0.25, 0.3) is 22.6 Å². The van der Waals surface area contributed by atoms with Crippen LogP contribution in [0.5, 0.6) is 0 Å². The summed E-state index contributed by atoms with van der Waals surface area (Å²) in [6.07, 6.45) is 3.86. The summed E-state index contributed by atoms with van der Waals surface area (Å²) >= 11 is 3.49. The summed E-state index contributed by atoms with van der Waals surface area (Å²) in [6.45, 7) is 2.04. The van der Waals surface area contributed by atoms with Crippen molar-refractivity contribution in [3.8, 4) is 6.07 Å². The molecule has 0 aliphatic carbocycles. The van der Waals surface area contributed by atoms with Crippen LogP contribution >= 0.6 is 15.9 Å². The molecule has 1 aromatic heterocycles. The fraction of sp³-hybridized carbons (Fsp3) is 0.0556. The number of hydrogen-bond donors (Lipinski definition) is 1. The van der Waals surface area contributed by atoms with E-state index in [1.54, 1.807) is 0 Å². The van der Waals surface area contributed by atoms with Gasteiger partial charge in [0, 0.05) is 27.1 Å². The Labute approximate surface area is 131 Å². The van der Waals surface area contributed by atoms with Gasteiger partial charge in [-0.2, -0.15) is 5.26 Å². The van der Waals surface area contributed by atoms with Crippen molar-refractivity contribution >= 4 is 38.5 Å². The molecule has 0 radical (unpaired) electrons. The first kappa shape index (κ1) is 13.7. The number of allylic oxidation sites excluding steroid dienone is 1. The summed E-state index contributed by atoms with van der Waals surface area (Å²) in [7, 11) is 0. The second kappa shape index (κ2) is 5.59. The molecule has 102 valence electrons. The van der Waals surface area contributed by atoms with E-state index in [0.29, 0.717) is 5.57 Å². The number of H-pyrrole nitrogens is 1. The highest BCUT2D eigenvalue weighted by Gasteiger charge is 2.05. The van der Waals surface area contributed by atoms with Crippen molar-refractivity contribution in [1.82, 2.24) is 4.98 Å². The fourth-order valence-electron chi connectivity index (χ4n) is 2.30. The van der Waals surface area contributed by atoms with Crippen LogP contribution in [0.1, 0.15) is 16.7 Å². The standard InChI is InChI=1S/C18H13BrN2/c1-12-2-4-13(5-3-12)14(10-20)8-15-11-21-18-7-6-16(19)9-17(15)18/h2-9,11,21H,1H3/b14-8-. The Morgan fingerprint density at radius 2 is 1.95 bits per heavy atom. The summed E-state index contributed by atoms with van der Waals surface area (Å²) in [5.41, 5.74) is 4.87. The molecule has 3 aromatic rings. The van der Waals surface area contributed by atoms with E-state index in [1.807, 2.05) is 55.6 Å². The Hall–Kier alpha value is -2.31. The van der Waals surface area contributed by atoms with E-state index in [1.165, 1.54) is 5.56 Å². The minimum atomic E-state index is 0.663. The topological polar surface area (TPSA) is 39.6 Å². The molecule has 0 saturated carbocycles. The van der Waals surface area contributed by atoms with Crippen LogP contribution in [0.4, 0.5) is 0 Å². The average Bonchev–Trinajstić information content (AvgIpc) is 2.88. The van der Waals surface area contributed by atoms with Gasteiger partial charge in [0.1, 0.15) is 0 Å². The van der Waals surface area contributed by atoms with Crippen LogP contribution in [0.3, 0.4) is 0 Å². The van der Waals surface area contributed by atoms with Crippen molar-refractivity contribution in [3.05, 3.63) is 69.8 Å². The second-order valence-corrected chi connectivity index (χ2v) is 5.89. The van der Waals surface area contributed by atoms with Crippen molar-refractivity contribution in [1.29, 1.82) is 5.26 Å². The Kier molecular flexibility index (Phi) is 3.64. The smallest absolute Gasteiger partial charge is 0.0998 e. The lowest BCUT2D eigenvalue weighted by Gasteiger charge is -2.00. The van der Waals surface area contributed by atoms with E-state index >= 15 is 0 Å². The van der Waals surface area contributed by atoms with Crippen LogP contribution < -0.4 is 0 Å². The largest absolute Gasteiger partial charge is 0.361 e. The van der Waals surface area contributed by atoms with Gasteiger partial charge in [-0.1, -0.05) is 45.8 Å². The lowest BCUT2D eigenvalue weighted by Crippen LogP contribution is -1.82. The monoisotopic (exact) mass is 336 g/mol. The molecule has 3 rings (SSSR count).